The molecule has 1 atom stereocenters. The largest absolute Gasteiger partial charge is 0.376 e. The summed E-state index contributed by atoms with van der Waals surface area (Å²) in [5.74, 6) is -0.366. The van der Waals surface area contributed by atoms with Gasteiger partial charge in [0.2, 0.25) is 11.8 Å². The zero-order valence-corrected chi connectivity index (χ0v) is 14.4. The third kappa shape index (κ3) is 6.68. The van der Waals surface area contributed by atoms with E-state index < -0.39 is 0 Å². The lowest BCUT2D eigenvalue weighted by atomic mass is 10.1. The molecule has 0 aromatic heterocycles. The smallest absolute Gasteiger partial charge is 0.244 e. The van der Waals surface area contributed by atoms with E-state index in [0.717, 1.165) is 25.0 Å². The van der Waals surface area contributed by atoms with Crippen molar-refractivity contribution < 1.29 is 14.3 Å². The molecule has 0 radical (unpaired) electrons. The topological polar surface area (TPSA) is 79.8 Å². The number of hydrazone groups is 1. The summed E-state index contributed by atoms with van der Waals surface area (Å²) >= 11 is 5.80. The van der Waals surface area contributed by atoms with Gasteiger partial charge >= 0.3 is 0 Å². The molecule has 2 rings (SSSR count). The number of carbonyl (C=O) groups excluding carboxylic acids is 2. The summed E-state index contributed by atoms with van der Waals surface area (Å²) in [6, 6.07) is 7.04. The lowest BCUT2D eigenvalue weighted by molar-refractivity contribution is -0.121. The number of amides is 2. The number of rotatable bonds is 7. The minimum atomic E-state index is -0.239. The van der Waals surface area contributed by atoms with Crippen LogP contribution in [0.1, 0.15) is 31.7 Å². The van der Waals surface area contributed by atoms with E-state index in [4.69, 9.17) is 16.3 Å². The van der Waals surface area contributed by atoms with Crippen LogP contribution in [-0.4, -0.2) is 36.8 Å². The van der Waals surface area contributed by atoms with Crippen molar-refractivity contribution in [3.8, 4) is 0 Å². The Morgan fingerprint density at radius 1 is 1.29 bits per heavy atom. The lowest BCUT2D eigenvalue weighted by Crippen LogP contribution is -2.33. The van der Waals surface area contributed by atoms with E-state index in [1.165, 1.54) is 0 Å². The van der Waals surface area contributed by atoms with Gasteiger partial charge < -0.3 is 10.1 Å². The molecule has 1 aliphatic rings. The molecule has 1 aromatic rings. The van der Waals surface area contributed by atoms with Gasteiger partial charge in [0.1, 0.15) is 0 Å². The van der Waals surface area contributed by atoms with Gasteiger partial charge in [0.15, 0.2) is 0 Å². The molecule has 1 aliphatic heterocycles. The molecule has 1 fully saturated rings. The van der Waals surface area contributed by atoms with Crippen molar-refractivity contribution in [2.75, 3.05) is 13.2 Å². The number of hydrogen-bond acceptors (Lipinski definition) is 4. The number of halogens is 1. The highest BCUT2D eigenvalue weighted by Crippen LogP contribution is 2.11. The average Bonchev–Trinajstić information content (AvgIpc) is 3.07. The first kappa shape index (κ1) is 18.4. The molecule has 0 spiro atoms. The fourth-order valence-corrected chi connectivity index (χ4v) is 2.48. The molecule has 0 aliphatic carbocycles. The number of ether oxygens (including phenoxy) is 1. The van der Waals surface area contributed by atoms with Crippen LogP contribution in [0.25, 0.3) is 0 Å². The van der Waals surface area contributed by atoms with Gasteiger partial charge in [-0.05, 0) is 37.5 Å². The lowest BCUT2D eigenvalue weighted by Gasteiger charge is -2.10. The van der Waals surface area contributed by atoms with Crippen LogP contribution in [0.3, 0.4) is 0 Å². The van der Waals surface area contributed by atoms with E-state index in [-0.39, 0.29) is 30.8 Å². The van der Waals surface area contributed by atoms with Gasteiger partial charge in [-0.2, -0.15) is 5.10 Å². The monoisotopic (exact) mass is 351 g/mol. The normalized spacial score (nSPS) is 17.6. The standard InChI is InChI=1S/C17H22ClN3O3/c1-12(9-16(22)19-11-15-3-2-8-24-15)20-21-17(23)10-13-4-6-14(18)7-5-13/h4-7,15H,2-3,8-11H2,1H3,(H,19,22)(H,21,23). The molecular weight excluding hydrogens is 330 g/mol. The summed E-state index contributed by atoms with van der Waals surface area (Å²) in [6.45, 7) is 2.99. The molecule has 0 bridgehead atoms. The van der Waals surface area contributed by atoms with E-state index >= 15 is 0 Å². The molecule has 2 amide bonds. The summed E-state index contributed by atoms with van der Waals surface area (Å²) in [7, 11) is 0. The third-order valence-corrected chi connectivity index (χ3v) is 3.87. The predicted octanol–water partition coefficient (Wildman–Crippen LogP) is 2.06. The number of hydrogen-bond donors (Lipinski definition) is 2. The second-order valence-corrected chi connectivity index (χ2v) is 6.24. The second-order valence-electron chi connectivity index (χ2n) is 5.80. The van der Waals surface area contributed by atoms with Crippen LogP contribution in [0.2, 0.25) is 5.02 Å². The molecule has 2 N–H and O–H groups in total. The molecule has 130 valence electrons. The average molecular weight is 352 g/mol. The first-order valence-electron chi connectivity index (χ1n) is 7.97. The summed E-state index contributed by atoms with van der Waals surface area (Å²) in [6.07, 6.45) is 2.49. The zero-order chi connectivity index (χ0) is 17.4. The Morgan fingerprint density at radius 2 is 2.04 bits per heavy atom. The van der Waals surface area contributed by atoms with Crippen LogP contribution in [-0.2, 0) is 20.7 Å². The number of nitrogens with zero attached hydrogens (tertiary/aromatic N) is 1. The van der Waals surface area contributed by atoms with Gasteiger partial charge in [-0.25, -0.2) is 5.43 Å². The molecule has 6 nitrogen and oxygen atoms in total. The number of nitrogens with one attached hydrogen (secondary N) is 2. The van der Waals surface area contributed by atoms with Crippen molar-refractivity contribution in [3.63, 3.8) is 0 Å². The van der Waals surface area contributed by atoms with E-state index in [1.54, 1.807) is 31.2 Å². The zero-order valence-electron chi connectivity index (χ0n) is 13.7. The van der Waals surface area contributed by atoms with Crippen LogP contribution in [0.4, 0.5) is 0 Å². The van der Waals surface area contributed by atoms with E-state index in [2.05, 4.69) is 15.8 Å². The molecule has 1 saturated heterocycles. The maximum Gasteiger partial charge on any atom is 0.244 e. The Kier molecular flexibility index (Phi) is 7.21. The highest BCUT2D eigenvalue weighted by Gasteiger charge is 2.16. The SMILES string of the molecule is CC(CC(=O)NCC1CCCO1)=NNC(=O)Cc1ccc(Cl)cc1. The van der Waals surface area contributed by atoms with Crippen LogP contribution in [0, 0.1) is 0 Å². The van der Waals surface area contributed by atoms with Crippen LogP contribution < -0.4 is 10.7 Å². The first-order valence-corrected chi connectivity index (χ1v) is 8.35. The second kappa shape index (κ2) is 9.39. The van der Waals surface area contributed by atoms with Crippen molar-refractivity contribution in [2.24, 2.45) is 5.10 Å². The Balaban J connectivity index is 1.68. The van der Waals surface area contributed by atoms with E-state index in [0.29, 0.717) is 17.3 Å². The highest BCUT2D eigenvalue weighted by atomic mass is 35.5. The van der Waals surface area contributed by atoms with Gasteiger partial charge in [-0.3, -0.25) is 9.59 Å². The van der Waals surface area contributed by atoms with Crippen molar-refractivity contribution in [1.29, 1.82) is 0 Å². The summed E-state index contributed by atoms with van der Waals surface area (Å²) in [5.41, 5.74) is 3.85. The minimum Gasteiger partial charge on any atom is -0.376 e. The van der Waals surface area contributed by atoms with Gasteiger partial charge in [-0.15, -0.1) is 0 Å². The molecule has 7 heteroatoms. The quantitative estimate of drug-likeness (QED) is 0.583. The number of benzene rings is 1. The summed E-state index contributed by atoms with van der Waals surface area (Å²) in [5, 5.41) is 7.40. The van der Waals surface area contributed by atoms with Crippen molar-refractivity contribution in [1.82, 2.24) is 10.7 Å². The van der Waals surface area contributed by atoms with E-state index in [1.807, 2.05) is 0 Å². The fraction of sp³-hybridized carbons (Fsp3) is 0.471. The van der Waals surface area contributed by atoms with Gasteiger partial charge in [-0.1, -0.05) is 23.7 Å². The van der Waals surface area contributed by atoms with E-state index in [9.17, 15) is 9.59 Å². The van der Waals surface area contributed by atoms with Crippen LogP contribution in [0.5, 0.6) is 0 Å². The summed E-state index contributed by atoms with van der Waals surface area (Å²) < 4.78 is 5.44. The molecule has 1 aromatic carbocycles. The molecule has 0 saturated carbocycles. The maximum absolute atomic E-state index is 11.8. The van der Waals surface area contributed by atoms with Crippen LogP contribution in [0.15, 0.2) is 29.4 Å². The van der Waals surface area contributed by atoms with Crippen molar-refractivity contribution in [2.45, 2.75) is 38.7 Å². The van der Waals surface area contributed by atoms with Crippen LogP contribution >= 0.6 is 11.6 Å². The number of carbonyl (C=O) groups is 2. The third-order valence-electron chi connectivity index (χ3n) is 3.62. The Labute approximate surface area is 146 Å². The summed E-state index contributed by atoms with van der Waals surface area (Å²) in [4.78, 5) is 23.6. The Morgan fingerprint density at radius 3 is 2.71 bits per heavy atom. The highest BCUT2D eigenvalue weighted by molar-refractivity contribution is 6.30. The van der Waals surface area contributed by atoms with Gasteiger partial charge in [0, 0.05) is 23.9 Å². The molecule has 1 unspecified atom stereocenters. The van der Waals surface area contributed by atoms with Crippen molar-refractivity contribution >= 4 is 29.1 Å². The van der Waals surface area contributed by atoms with Crippen molar-refractivity contribution in [3.05, 3.63) is 34.9 Å². The Bertz CT molecular complexity index is 596. The van der Waals surface area contributed by atoms with Gasteiger partial charge in [0.05, 0.1) is 18.9 Å². The molecule has 24 heavy (non-hydrogen) atoms. The van der Waals surface area contributed by atoms with Gasteiger partial charge in [0.25, 0.3) is 0 Å². The fourth-order valence-electron chi connectivity index (χ4n) is 2.35. The first-order chi connectivity index (χ1) is 11.5. The Hall–Kier alpha value is -1.92. The predicted molar refractivity (Wildman–Crippen MR) is 93.0 cm³/mol. The minimum absolute atomic E-state index is 0.116. The maximum atomic E-state index is 11.8. The molecular formula is C17H22ClN3O3. The molecule has 1 heterocycles.